The molecule has 1 saturated heterocycles. The molecule has 162 valence electrons. The molecule has 1 heterocycles. The summed E-state index contributed by atoms with van der Waals surface area (Å²) in [6, 6.07) is 16.4. The summed E-state index contributed by atoms with van der Waals surface area (Å²) >= 11 is 0. The highest BCUT2D eigenvalue weighted by molar-refractivity contribution is 7.92. The molecule has 1 aliphatic rings. The molecule has 0 saturated carbocycles. The van der Waals surface area contributed by atoms with E-state index in [1.54, 1.807) is 19.1 Å². The molecule has 0 bridgehead atoms. The quantitative estimate of drug-likeness (QED) is 0.733. The molecular formula is C23H30N2O4S. The fourth-order valence-electron chi connectivity index (χ4n) is 4.03. The van der Waals surface area contributed by atoms with Crippen molar-refractivity contribution in [2.45, 2.75) is 38.1 Å². The highest BCUT2D eigenvalue weighted by Crippen LogP contribution is 2.34. The Morgan fingerprint density at radius 1 is 1.10 bits per heavy atom. The van der Waals surface area contributed by atoms with Crippen LogP contribution in [-0.4, -0.2) is 46.4 Å². The lowest BCUT2D eigenvalue weighted by Gasteiger charge is -2.38. The number of hydrogen-bond acceptors (Lipinski definition) is 4. The Kier molecular flexibility index (Phi) is 6.83. The Hall–Kier alpha value is -2.38. The van der Waals surface area contributed by atoms with Crippen LogP contribution < -0.4 is 9.62 Å². The van der Waals surface area contributed by atoms with E-state index in [4.69, 9.17) is 4.74 Å². The lowest BCUT2D eigenvalue weighted by Crippen LogP contribution is -2.51. The van der Waals surface area contributed by atoms with Gasteiger partial charge in [0.05, 0.1) is 11.9 Å². The second-order valence-electron chi connectivity index (χ2n) is 8.05. The first-order valence-corrected chi connectivity index (χ1v) is 12.0. The Labute approximate surface area is 179 Å². The van der Waals surface area contributed by atoms with Crippen LogP contribution in [0.3, 0.4) is 0 Å². The third-order valence-corrected chi connectivity index (χ3v) is 7.06. The van der Waals surface area contributed by atoms with Gasteiger partial charge in [-0.05, 0) is 44.4 Å². The molecule has 0 radical (unpaired) electrons. The molecule has 1 amide bonds. The number of carbonyl (C=O) groups excluding carboxylic acids is 1. The average Bonchev–Trinajstić information content (AvgIpc) is 2.74. The maximum Gasteiger partial charge on any atom is 0.243 e. The van der Waals surface area contributed by atoms with E-state index in [9.17, 15) is 13.2 Å². The predicted octanol–water partition coefficient (Wildman–Crippen LogP) is 3.01. The summed E-state index contributed by atoms with van der Waals surface area (Å²) < 4.78 is 31.7. The number of sulfonamides is 1. The van der Waals surface area contributed by atoms with Gasteiger partial charge in [0.2, 0.25) is 15.9 Å². The number of anilines is 1. The van der Waals surface area contributed by atoms with E-state index in [0.29, 0.717) is 25.4 Å². The van der Waals surface area contributed by atoms with E-state index in [2.05, 4.69) is 17.4 Å². The Bertz CT molecular complexity index is 952. The van der Waals surface area contributed by atoms with Crippen molar-refractivity contribution in [1.82, 2.24) is 5.32 Å². The second kappa shape index (κ2) is 9.18. The van der Waals surface area contributed by atoms with Gasteiger partial charge in [0.25, 0.3) is 0 Å². The van der Waals surface area contributed by atoms with Crippen LogP contribution in [0.5, 0.6) is 0 Å². The second-order valence-corrected chi connectivity index (χ2v) is 9.91. The third kappa shape index (κ3) is 5.02. The number of nitrogens with zero attached hydrogens (tertiary/aromatic N) is 1. The molecule has 1 fully saturated rings. The minimum Gasteiger partial charge on any atom is -0.381 e. The monoisotopic (exact) mass is 430 g/mol. The number of benzene rings is 2. The summed E-state index contributed by atoms with van der Waals surface area (Å²) in [6.07, 6.45) is 2.74. The molecular weight excluding hydrogens is 400 g/mol. The van der Waals surface area contributed by atoms with Crippen molar-refractivity contribution in [3.63, 3.8) is 0 Å². The molecule has 0 unspecified atom stereocenters. The number of nitrogens with one attached hydrogen (secondary N) is 1. The Morgan fingerprint density at radius 3 is 2.27 bits per heavy atom. The van der Waals surface area contributed by atoms with Crippen molar-refractivity contribution < 1.29 is 17.9 Å². The lowest BCUT2D eigenvalue weighted by molar-refractivity contribution is -0.122. The van der Waals surface area contributed by atoms with Crippen LogP contribution in [0.4, 0.5) is 5.69 Å². The summed E-state index contributed by atoms with van der Waals surface area (Å²) in [7, 11) is -3.63. The van der Waals surface area contributed by atoms with Crippen molar-refractivity contribution in [2.75, 3.05) is 30.3 Å². The molecule has 7 heteroatoms. The summed E-state index contributed by atoms with van der Waals surface area (Å²) in [6.45, 7) is 5.27. The predicted molar refractivity (Wildman–Crippen MR) is 119 cm³/mol. The van der Waals surface area contributed by atoms with Crippen molar-refractivity contribution in [3.8, 4) is 0 Å². The van der Waals surface area contributed by atoms with Gasteiger partial charge >= 0.3 is 0 Å². The summed E-state index contributed by atoms with van der Waals surface area (Å²) in [4.78, 5) is 13.0. The van der Waals surface area contributed by atoms with Gasteiger partial charge in [-0.25, -0.2) is 8.42 Å². The van der Waals surface area contributed by atoms with Crippen LogP contribution in [-0.2, 0) is 25.0 Å². The number of ether oxygens (including phenoxy) is 1. The van der Waals surface area contributed by atoms with Crippen molar-refractivity contribution >= 4 is 21.6 Å². The van der Waals surface area contributed by atoms with Crippen LogP contribution in [0.2, 0.25) is 0 Å². The maximum absolute atomic E-state index is 13.0. The maximum atomic E-state index is 13.0. The average molecular weight is 431 g/mol. The summed E-state index contributed by atoms with van der Waals surface area (Å²) in [5, 5.41) is 3.02. The molecule has 3 rings (SSSR count). The Balaban J connectivity index is 1.79. The molecule has 2 aromatic carbocycles. The first-order valence-electron chi connectivity index (χ1n) is 10.2. The first kappa shape index (κ1) is 22.3. The molecule has 6 nitrogen and oxygen atoms in total. The number of aryl methyl sites for hydroxylation is 1. The van der Waals surface area contributed by atoms with E-state index in [1.165, 1.54) is 9.87 Å². The van der Waals surface area contributed by atoms with E-state index in [1.807, 2.05) is 37.3 Å². The molecule has 1 N–H and O–H groups in total. The van der Waals surface area contributed by atoms with Crippen molar-refractivity contribution in [2.24, 2.45) is 0 Å². The van der Waals surface area contributed by atoms with Crippen LogP contribution >= 0.6 is 0 Å². The van der Waals surface area contributed by atoms with E-state index in [0.717, 1.165) is 24.7 Å². The summed E-state index contributed by atoms with van der Waals surface area (Å²) in [5.74, 6) is -0.317. The van der Waals surface area contributed by atoms with Gasteiger partial charge in [0, 0.05) is 25.2 Å². The lowest BCUT2D eigenvalue weighted by atomic mass is 9.74. The molecule has 2 aromatic rings. The van der Waals surface area contributed by atoms with Gasteiger partial charge in [-0.1, -0.05) is 48.0 Å². The highest BCUT2D eigenvalue weighted by atomic mass is 32.2. The van der Waals surface area contributed by atoms with Gasteiger partial charge in [-0.3, -0.25) is 9.10 Å². The smallest absolute Gasteiger partial charge is 0.243 e. The van der Waals surface area contributed by atoms with E-state index >= 15 is 0 Å². The fourth-order valence-corrected chi connectivity index (χ4v) is 5.20. The zero-order chi connectivity index (χ0) is 21.8. The van der Waals surface area contributed by atoms with Gasteiger partial charge in [-0.2, -0.15) is 0 Å². The van der Waals surface area contributed by atoms with Crippen LogP contribution in [0.15, 0.2) is 54.6 Å². The zero-order valence-electron chi connectivity index (χ0n) is 17.8. The molecule has 0 aliphatic carbocycles. The zero-order valence-corrected chi connectivity index (χ0v) is 18.6. The topological polar surface area (TPSA) is 75.7 Å². The summed E-state index contributed by atoms with van der Waals surface area (Å²) in [5.41, 5.74) is 2.46. The number of amides is 1. The minimum absolute atomic E-state index is 0.214. The van der Waals surface area contributed by atoms with Crippen molar-refractivity contribution in [1.29, 1.82) is 0 Å². The van der Waals surface area contributed by atoms with Crippen LogP contribution in [0, 0.1) is 6.92 Å². The SMILES string of the molecule is Cc1ccc(N([C@@H](C)C(=O)NCC2(c3ccccc3)CCOCC2)S(C)(=O)=O)cc1. The fraction of sp³-hybridized carbons (Fsp3) is 0.435. The number of rotatable bonds is 7. The molecule has 30 heavy (non-hydrogen) atoms. The molecule has 1 aliphatic heterocycles. The third-order valence-electron chi connectivity index (χ3n) is 5.81. The van der Waals surface area contributed by atoms with Gasteiger partial charge in [0.15, 0.2) is 0 Å². The highest BCUT2D eigenvalue weighted by Gasteiger charge is 2.36. The largest absolute Gasteiger partial charge is 0.381 e. The Morgan fingerprint density at radius 2 is 1.70 bits per heavy atom. The standard InChI is InChI=1S/C23H30N2O4S/c1-18-9-11-21(12-10-18)25(30(3,27)28)19(2)22(26)24-17-23(13-15-29-16-14-23)20-7-5-4-6-8-20/h4-12,19H,13-17H2,1-3H3,(H,24,26)/t19-/m0/s1. The van der Waals surface area contributed by atoms with Crippen LogP contribution in [0.1, 0.15) is 30.9 Å². The molecule has 1 atom stereocenters. The van der Waals surface area contributed by atoms with Gasteiger partial charge in [-0.15, -0.1) is 0 Å². The van der Waals surface area contributed by atoms with Gasteiger partial charge in [0.1, 0.15) is 6.04 Å². The van der Waals surface area contributed by atoms with E-state index in [-0.39, 0.29) is 11.3 Å². The van der Waals surface area contributed by atoms with Crippen LogP contribution in [0.25, 0.3) is 0 Å². The number of hydrogen-bond donors (Lipinski definition) is 1. The van der Waals surface area contributed by atoms with E-state index < -0.39 is 16.1 Å². The van der Waals surface area contributed by atoms with Crippen molar-refractivity contribution in [3.05, 3.63) is 65.7 Å². The minimum atomic E-state index is -3.63. The van der Waals surface area contributed by atoms with Gasteiger partial charge < -0.3 is 10.1 Å². The first-order chi connectivity index (χ1) is 14.2. The number of carbonyl (C=O) groups is 1. The normalized spacial score (nSPS) is 17.2. The molecule has 0 aromatic heterocycles. The molecule has 0 spiro atoms.